The summed E-state index contributed by atoms with van der Waals surface area (Å²) in [5.41, 5.74) is 0.805. The van der Waals surface area contributed by atoms with Gasteiger partial charge in [0.1, 0.15) is 0 Å². The van der Waals surface area contributed by atoms with Gasteiger partial charge in [-0.2, -0.15) is 5.10 Å². The van der Waals surface area contributed by atoms with Gasteiger partial charge in [0, 0.05) is 22.9 Å². The summed E-state index contributed by atoms with van der Waals surface area (Å²) in [5, 5.41) is 22.6. The minimum atomic E-state index is -0.879. The van der Waals surface area contributed by atoms with Crippen LogP contribution in [-0.4, -0.2) is 27.3 Å². The molecule has 2 aromatic rings. The van der Waals surface area contributed by atoms with Gasteiger partial charge < -0.3 is 10.4 Å². The minimum Gasteiger partial charge on any atom is -0.385 e. The maximum absolute atomic E-state index is 11.5. The molecule has 4 atom stereocenters. The Labute approximate surface area is 133 Å². The number of aliphatic hydroxyl groups is 1. The average Bonchev–Trinajstić information content (AvgIpc) is 2.86. The SMILES string of the molecule is CCC(=O)N[C@@H]1[C@@H]2C[C@@](O)(c3cc(Cl)cc4[nH]ncc34)C[C@@H]21. The van der Waals surface area contributed by atoms with Gasteiger partial charge in [0.25, 0.3) is 0 Å². The van der Waals surface area contributed by atoms with E-state index in [1.165, 1.54) is 0 Å². The highest BCUT2D eigenvalue weighted by Crippen LogP contribution is 2.60. The molecule has 22 heavy (non-hydrogen) atoms. The van der Waals surface area contributed by atoms with Gasteiger partial charge in [-0.15, -0.1) is 0 Å². The van der Waals surface area contributed by atoms with Gasteiger partial charge in [0.15, 0.2) is 0 Å². The second-order valence-electron chi connectivity index (χ2n) is 6.50. The zero-order chi connectivity index (χ0) is 15.5. The van der Waals surface area contributed by atoms with Crippen LogP contribution in [0.5, 0.6) is 0 Å². The zero-order valence-corrected chi connectivity index (χ0v) is 13.0. The first-order chi connectivity index (χ1) is 10.5. The van der Waals surface area contributed by atoms with Crippen LogP contribution in [0.4, 0.5) is 0 Å². The molecule has 1 amide bonds. The number of carbonyl (C=O) groups excluding carboxylic acids is 1. The van der Waals surface area contributed by atoms with Crippen molar-refractivity contribution in [2.75, 3.05) is 0 Å². The van der Waals surface area contributed by atoms with Gasteiger partial charge in [-0.1, -0.05) is 18.5 Å². The van der Waals surface area contributed by atoms with Crippen molar-refractivity contribution in [1.29, 1.82) is 0 Å². The number of fused-ring (bicyclic) bond motifs is 2. The number of halogens is 1. The van der Waals surface area contributed by atoms with Crippen molar-refractivity contribution in [3.05, 3.63) is 28.9 Å². The predicted molar refractivity (Wildman–Crippen MR) is 83.4 cm³/mol. The lowest BCUT2D eigenvalue weighted by Gasteiger charge is -2.27. The highest BCUT2D eigenvalue weighted by atomic mass is 35.5. The molecule has 0 saturated heterocycles. The second-order valence-corrected chi connectivity index (χ2v) is 6.94. The Morgan fingerprint density at radius 3 is 2.91 bits per heavy atom. The standard InChI is InChI=1S/C16H18ClN3O2/c1-2-14(21)19-15-9-5-16(22,6-10(9)15)12-3-8(17)4-13-11(12)7-18-20-13/h3-4,7,9-10,15,22H,2,5-6H2,1H3,(H,18,20)(H,19,21)/t9-,10+,15-,16+. The maximum atomic E-state index is 11.5. The minimum absolute atomic E-state index is 0.0860. The number of nitrogens with zero attached hydrogens (tertiary/aromatic N) is 1. The molecule has 1 aromatic carbocycles. The van der Waals surface area contributed by atoms with E-state index >= 15 is 0 Å². The van der Waals surface area contributed by atoms with Crippen molar-refractivity contribution in [3.8, 4) is 0 Å². The van der Waals surface area contributed by atoms with Gasteiger partial charge in [0.05, 0.1) is 17.3 Å². The first-order valence-electron chi connectivity index (χ1n) is 7.66. The van der Waals surface area contributed by atoms with E-state index in [0.29, 0.717) is 36.1 Å². The smallest absolute Gasteiger partial charge is 0.219 e. The van der Waals surface area contributed by atoms with Crippen LogP contribution < -0.4 is 5.32 Å². The summed E-state index contributed by atoms with van der Waals surface area (Å²) >= 11 is 6.17. The summed E-state index contributed by atoms with van der Waals surface area (Å²) in [4.78, 5) is 11.5. The zero-order valence-electron chi connectivity index (χ0n) is 12.3. The number of benzene rings is 1. The van der Waals surface area contributed by atoms with Crippen LogP contribution in [0.1, 0.15) is 31.7 Å². The number of aromatic amines is 1. The van der Waals surface area contributed by atoms with Gasteiger partial charge >= 0.3 is 0 Å². The summed E-state index contributed by atoms with van der Waals surface area (Å²) in [7, 11) is 0. The predicted octanol–water partition coefficient (Wildman–Crippen LogP) is 2.34. The second kappa shape index (κ2) is 4.70. The molecule has 6 heteroatoms. The van der Waals surface area contributed by atoms with Crippen LogP contribution in [0, 0.1) is 11.8 Å². The van der Waals surface area contributed by atoms with Crippen LogP contribution in [0.15, 0.2) is 18.3 Å². The Balaban J connectivity index is 1.60. The Morgan fingerprint density at radius 1 is 1.50 bits per heavy atom. The van der Waals surface area contributed by atoms with E-state index in [1.54, 1.807) is 6.20 Å². The van der Waals surface area contributed by atoms with Gasteiger partial charge in [-0.05, 0) is 42.4 Å². The highest BCUT2D eigenvalue weighted by Gasteiger charge is 2.62. The normalized spacial score (nSPS) is 33.0. The molecule has 2 aliphatic rings. The first kappa shape index (κ1) is 14.0. The van der Waals surface area contributed by atoms with Crippen molar-refractivity contribution < 1.29 is 9.90 Å². The topological polar surface area (TPSA) is 78.0 Å². The van der Waals surface area contributed by atoms with E-state index in [9.17, 15) is 9.90 Å². The Bertz CT molecular complexity index is 745. The molecule has 0 bridgehead atoms. The van der Waals surface area contributed by atoms with Gasteiger partial charge in [-0.25, -0.2) is 0 Å². The van der Waals surface area contributed by atoms with E-state index < -0.39 is 5.60 Å². The number of carbonyl (C=O) groups is 1. The molecule has 0 radical (unpaired) electrons. The molecule has 0 aliphatic heterocycles. The Kier molecular flexibility index (Phi) is 3.00. The van der Waals surface area contributed by atoms with Crippen molar-refractivity contribution in [3.63, 3.8) is 0 Å². The third kappa shape index (κ3) is 2.03. The molecule has 0 unspecified atom stereocenters. The number of amides is 1. The van der Waals surface area contributed by atoms with E-state index in [-0.39, 0.29) is 11.9 Å². The lowest BCUT2D eigenvalue weighted by Crippen LogP contribution is -2.33. The number of nitrogens with one attached hydrogen (secondary N) is 2. The molecule has 1 heterocycles. The lowest BCUT2D eigenvalue weighted by molar-refractivity contribution is -0.121. The van der Waals surface area contributed by atoms with Gasteiger partial charge in [0.2, 0.25) is 5.91 Å². The fourth-order valence-electron chi connectivity index (χ4n) is 3.99. The summed E-state index contributed by atoms with van der Waals surface area (Å²) < 4.78 is 0. The first-order valence-corrected chi connectivity index (χ1v) is 8.04. The number of aromatic nitrogens is 2. The molecule has 116 valence electrons. The lowest BCUT2D eigenvalue weighted by atomic mass is 9.86. The van der Waals surface area contributed by atoms with E-state index in [1.807, 2.05) is 19.1 Å². The molecular weight excluding hydrogens is 302 g/mol. The fraction of sp³-hybridized carbons (Fsp3) is 0.500. The molecule has 2 fully saturated rings. The van der Waals surface area contributed by atoms with Crippen LogP contribution in [-0.2, 0) is 10.4 Å². The van der Waals surface area contributed by atoms with Crippen LogP contribution in [0.2, 0.25) is 5.02 Å². The summed E-state index contributed by atoms with van der Waals surface area (Å²) in [6.45, 7) is 1.85. The maximum Gasteiger partial charge on any atom is 0.219 e. The number of hydrogen-bond donors (Lipinski definition) is 3. The number of hydrogen-bond acceptors (Lipinski definition) is 3. The Morgan fingerprint density at radius 2 is 2.23 bits per heavy atom. The third-order valence-corrected chi connectivity index (χ3v) is 5.37. The van der Waals surface area contributed by atoms with E-state index in [0.717, 1.165) is 16.5 Å². The molecule has 3 N–H and O–H groups in total. The van der Waals surface area contributed by atoms with Crippen LogP contribution in [0.3, 0.4) is 0 Å². The van der Waals surface area contributed by atoms with Crippen molar-refractivity contribution >= 4 is 28.4 Å². The molecule has 0 spiro atoms. The van der Waals surface area contributed by atoms with Crippen LogP contribution >= 0.6 is 11.6 Å². The van der Waals surface area contributed by atoms with Gasteiger partial charge in [-0.3, -0.25) is 9.89 Å². The Hall–Kier alpha value is -1.59. The van der Waals surface area contributed by atoms with Crippen molar-refractivity contribution in [2.45, 2.75) is 37.8 Å². The molecule has 5 nitrogen and oxygen atoms in total. The molecular formula is C16H18ClN3O2. The largest absolute Gasteiger partial charge is 0.385 e. The fourth-order valence-corrected chi connectivity index (χ4v) is 4.21. The summed E-state index contributed by atoms with van der Waals surface area (Å²) in [6, 6.07) is 3.88. The number of H-pyrrole nitrogens is 1. The third-order valence-electron chi connectivity index (χ3n) is 5.15. The van der Waals surface area contributed by atoms with Crippen LogP contribution in [0.25, 0.3) is 10.9 Å². The highest BCUT2D eigenvalue weighted by molar-refractivity contribution is 6.31. The summed E-state index contributed by atoms with van der Waals surface area (Å²) in [6.07, 6.45) is 3.56. The molecule has 4 rings (SSSR count). The monoisotopic (exact) mass is 319 g/mol. The molecule has 2 saturated carbocycles. The number of rotatable bonds is 3. The quantitative estimate of drug-likeness (QED) is 0.812. The summed E-state index contributed by atoms with van der Waals surface area (Å²) in [5.74, 6) is 0.811. The molecule has 2 aliphatic carbocycles. The van der Waals surface area contributed by atoms with E-state index in [4.69, 9.17) is 11.6 Å². The van der Waals surface area contributed by atoms with E-state index in [2.05, 4.69) is 15.5 Å². The average molecular weight is 320 g/mol. The van der Waals surface area contributed by atoms with Crippen molar-refractivity contribution in [2.24, 2.45) is 11.8 Å². The van der Waals surface area contributed by atoms with Crippen molar-refractivity contribution in [1.82, 2.24) is 15.5 Å². The molecule has 1 aromatic heterocycles.